The monoisotopic (exact) mass is 462 g/mol. The van der Waals surface area contributed by atoms with Crippen LogP contribution in [0.15, 0.2) is 121 Å². The molecule has 0 bridgehead atoms. The lowest BCUT2D eigenvalue weighted by Crippen LogP contribution is -1.88. The van der Waals surface area contributed by atoms with E-state index in [0.717, 1.165) is 11.1 Å². The molecule has 2 N–H and O–H groups in total. The van der Waals surface area contributed by atoms with Crippen LogP contribution in [0.4, 0.5) is 0 Å². The van der Waals surface area contributed by atoms with E-state index in [1.807, 2.05) is 66.7 Å². The van der Waals surface area contributed by atoms with Crippen molar-refractivity contribution < 1.29 is 24.4 Å². The molecule has 0 aliphatic rings. The van der Waals surface area contributed by atoms with Crippen LogP contribution in [-0.4, -0.2) is 10.2 Å². The molecule has 0 fully saturated rings. The minimum Gasteiger partial charge on any atom is -0.508 e. The zero-order valence-corrected chi connectivity index (χ0v) is 18.7. The van der Waals surface area contributed by atoms with Gasteiger partial charge in [-0.15, -0.1) is 0 Å². The smallest absolute Gasteiger partial charge is 0.131 e. The van der Waals surface area contributed by atoms with Crippen molar-refractivity contribution >= 4 is 0 Å². The predicted molar refractivity (Wildman–Crippen MR) is 135 cm³/mol. The van der Waals surface area contributed by atoms with Crippen LogP contribution in [0.25, 0.3) is 11.1 Å². The van der Waals surface area contributed by atoms with Crippen LogP contribution < -0.4 is 14.2 Å². The van der Waals surface area contributed by atoms with Gasteiger partial charge in [-0.1, -0.05) is 42.5 Å². The summed E-state index contributed by atoms with van der Waals surface area (Å²) < 4.78 is 17.7. The van der Waals surface area contributed by atoms with Gasteiger partial charge in [0, 0.05) is 18.2 Å². The Hall–Kier alpha value is -4.90. The first-order chi connectivity index (χ1) is 17.1. The molecular weight excluding hydrogens is 440 g/mol. The zero-order valence-electron chi connectivity index (χ0n) is 18.7. The predicted octanol–water partition coefficient (Wildman–Crippen LogP) is 8.14. The second-order valence-electron chi connectivity index (χ2n) is 7.83. The highest BCUT2D eigenvalue weighted by Crippen LogP contribution is 2.32. The minimum atomic E-state index is 0.144. The minimum absolute atomic E-state index is 0.144. The molecule has 0 aliphatic carbocycles. The molecule has 0 heterocycles. The SMILES string of the molecule is Oc1cccc(Oc2ccc(-c3cccc(Oc4cccc(Oc5cccc(O)c5)c4)c3)cc2)c1. The van der Waals surface area contributed by atoms with Crippen molar-refractivity contribution in [2.24, 2.45) is 0 Å². The average molecular weight is 463 g/mol. The van der Waals surface area contributed by atoms with Crippen molar-refractivity contribution in [2.75, 3.05) is 0 Å². The number of benzene rings is 5. The molecule has 0 unspecified atom stereocenters. The molecule has 0 radical (unpaired) electrons. The van der Waals surface area contributed by atoms with Crippen molar-refractivity contribution in [2.45, 2.75) is 0 Å². The van der Waals surface area contributed by atoms with E-state index in [9.17, 15) is 10.2 Å². The van der Waals surface area contributed by atoms with Gasteiger partial charge in [0.05, 0.1) is 0 Å². The van der Waals surface area contributed by atoms with Gasteiger partial charge < -0.3 is 24.4 Å². The van der Waals surface area contributed by atoms with E-state index in [1.165, 1.54) is 0 Å². The van der Waals surface area contributed by atoms with Crippen molar-refractivity contribution in [3.05, 3.63) is 121 Å². The Morgan fingerprint density at radius 3 is 1.31 bits per heavy atom. The molecule has 0 amide bonds. The number of hydrogen-bond donors (Lipinski definition) is 2. The summed E-state index contributed by atoms with van der Waals surface area (Å²) in [6.07, 6.45) is 0. The van der Waals surface area contributed by atoms with Gasteiger partial charge in [-0.3, -0.25) is 0 Å². The van der Waals surface area contributed by atoms with Gasteiger partial charge in [0.1, 0.15) is 46.0 Å². The van der Waals surface area contributed by atoms with E-state index >= 15 is 0 Å². The molecule has 5 nitrogen and oxygen atoms in total. The number of ether oxygens (including phenoxy) is 3. The quantitative estimate of drug-likeness (QED) is 0.255. The number of rotatable bonds is 7. The van der Waals surface area contributed by atoms with Gasteiger partial charge in [0.15, 0.2) is 0 Å². The highest BCUT2D eigenvalue weighted by Gasteiger charge is 2.06. The zero-order chi connectivity index (χ0) is 24.0. The van der Waals surface area contributed by atoms with E-state index in [4.69, 9.17) is 14.2 Å². The summed E-state index contributed by atoms with van der Waals surface area (Å²) in [4.78, 5) is 0. The van der Waals surface area contributed by atoms with Gasteiger partial charge in [-0.05, 0) is 71.8 Å². The summed E-state index contributed by atoms with van der Waals surface area (Å²) in [5.74, 6) is 4.02. The summed E-state index contributed by atoms with van der Waals surface area (Å²) >= 11 is 0. The topological polar surface area (TPSA) is 68.2 Å². The highest BCUT2D eigenvalue weighted by atomic mass is 16.5. The number of phenolic OH excluding ortho intramolecular Hbond substituents is 2. The molecule has 0 saturated heterocycles. The fourth-order valence-electron chi connectivity index (χ4n) is 3.56. The molecule has 0 atom stereocenters. The molecule has 5 rings (SSSR count). The first-order valence-corrected chi connectivity index (χ1v) is 11.0. The maximum atomic E-state index is 9.63. The van der Waals surface area contributed by atoms with Crippen molar-refractivity contribution in [3.63, 3.8) is 0 Å². The number of hydrogen-bond acceptors (Lipinski definition) is 5. The van der Waals surface area contributed by atoms with E-state index in [2.05, 4.69) is 0 Å². The Kier molecular flexibility index (Phi) is 6.22. The van der Waals surface area contributed by atoms with Crippen LogP contribution in [-0.2, 0) is 0 Å². The van der Waals surface area contributed by atoms with Crippen molar-refractivity contribution in [1.82, 2.24) is 0 Å². The molecule has 0 spiro atoms. The molecule has 0 aliphatic heterocycles. The average Bonchev–Trinajstić information content (AvgIpc) is 2.85. The largest absolute Gasteiger partial charge is 0.508 e. The molecule has 5 aromatic rings. The van der Waals surface area contributed by atoms with Crippen molar-refractivity contribution in [1.29, 1.82) is 0 Å². The Morgan fingerprint density at radius 2 is 0.771 bits per heavy atom. The molecule has 5 aromatic carbocycles. The maximum Gasteiger partial charge on any atom is 0.131 e. The summed E-state index contributed by atoms with van der Waals surface area (Å²) in [6, 6.07) is 36.2. The first kappa shape index (κ1) is 21.9. The maximum absolute atomic E-state index is 9.63. The number of aromatic hydroxyl groups is 2. The van der Waals surface area contributed by atoms with E-state index < -0.39 is 0 Å². The van der Waals surface area contributed by atoms with Gasteiger partial charge in [-0.2, -0.15) is 0 Å². The van der Waals surface area contributed by atoms with Crippen LogP contribution >= 0.6 is 0 Å². The lowest BCUT2D eigenvalue weighted by Gasteiger charge is -2.11. The molecule has 35 heavy (non-hydrogen) atoms. The van der Waals surface area contributed by atoms with Crippen LogP contribution in [0.5, 0.6) is 46.0 Å². The fraction of sp³-hybridized carbons (Fsp3) is 0. The lowest BCUT2D eigenvalue weighted by molar-refractivity contribution is 0.448. The van der Waals surface area contributed by atoms with Crippen LogP contribution in [0.2, 0.25) is 0 Å². The van der Waals surface area contributed by atoms with Crippen LogP contribution in [0.3, 0.4) is 0 Å². The first-order valence-electron chi connectivity index (χ1n) is 11.0. The summed E-state index contributed by atoms with van der Waals surface area (Å²) in [5, 5.41) is 19.2. The third-order valence-corrected chi connectivity index (χ3v) is 5.17. The standard InChI is InChI=1S/C30H22O5/c31-23-6-2-9-27(18-23)33-25-15-13-21(14-16-25)22-5-1-8-26(17-22)34-29-11-4-12-30(20-29)35-28-10-3-7-24(32)19-28/h1-20,31-32H. The lowest BCUT2D eigenvalue weighted by atomic mass is 10.1. The molecule has 0 saturated carbocycles. The van der Waals surface area contributed by atoms with E-state index in [0.29, 0.717) is 34.5 Å². The van der Waals surface area contributed by atoms with E-state index in [-0.39, 0.29) is 11.5 Å². The highest BCUT2D eigenvalue weighted by molar-refractivity contribution is 5.66. The second kappa shape index (κ2) is 9.93. The van der Waals surface area contributed by atoms with Crippen LogP contribution in [0.1, 0.15) is 0 Å². The normalized spacial score (nSPS) is 10.5. The Morgan fingerprint density at radius 1 is 0.343 bits per heavy atom. The molecular formula is C30H22O5. The number of phenols is 2. The second-order valence-corrected chi connectivity index (χ2v) is 7.83. The summed E-state index contributed by atoms with van der Waals surface area (Å²) in [6.45, 7) is 0. The van der Waals surface area contributed by atoms with Gasteiger partial charge in [0.2, 0.25) is 0 Å². The molecule has 0 aromatic heterocycles. The van der Waals surface area contributed by atoms with E-state index in [1.54, 1.807) is 54.6 Å². The van der Waals surface area contributed by atoms with Gasteiger partial charge >= 0.3 is 0 Å². The fourth-order valence-corrected chi connectivity index (χ4v) is 3.56. The summed E-state index contributed by atoms with van der Waals surface area (Å²) in [7, 11) is 0. The summed E-state index contributed by atoms with van der Waals surface area (Å²) in [5.41, 5.74) is 2.01. The Labute approximate surface area is 203 Å². The molecule has 172 valence electrons. The Bertz CT molecular complexity index is 1440. The van der Waals surface area contributed by atoms with Crippen LogP contribution in [0, 0.1) is 0 Å². The Balaban J connectivity index is 1.29. The van der Waals surface area contributed by atoms with Gasteiger partial charge in [0.25, 0.3) is 0 Å². The third-order valence-electron chi connectivity index (χ3n) is 5.17. The third kappa shape index (κ3) is 5.72. The van der Waals surface area contributed by atoms with Crippen molar-refractivity contribution in [3.8, 4) is 57.1 Å². The van der Waals surface area contributed by atoms with Gasteiger partial charge in [-0.25, -0.2) is 0 Å². The molecule has 5 heteroatoms.